The van der Waals surface area contributed by atoms with Gasteiger partial charge in [-0.1, -0.05) is 0 Å². The van der Waals surface area contributed by atoms with Gasteiger partial charge in [-0.15, -0.1) is 5.10 Å². The Hall–Kier alpha value is -1.43. The van der Waals surface area contributed by atoms with Gasteiger partial charge >= 0.3 is 5.97 Å². The summed E-state index contributed by atoms with van der Waals surface area (Å²) in [6, 6.07) is 0. The summed E-state index contributed by atoms with van der Waals surface area (Å²) in [6.45, 7) is 5.61. The van der Waals surface area contributed by atoms with Crippen LogP contribution in [0.1, 0.15) is 37.2 Å². The van der Waals surface area contributed by atoms with Gasteiger partial charge in [0.2, 0.25) is 0 Å². The molecule has 0 fully saturated rings. The number of carbonyl (C=O) groups excluding carboxylic acids is 1. The van der Waals surface area contributed by atoms with Crippen molar-refractivity contribution in [3.63, 3.8) is 0 Å². The smallest absolute Gasteiger partial charge is 0.378 e. The summed E-state index contributed by atoms with van der Waals surface area (Å²) in [6.07, 6.45) is 0. The number of nitrogens with two attached hydrogens (primary N) is 1. The second kappa shape index (κ2) is 3.98. The van der Waals surface area contributed by atoms with Crippen LogP contribution in [0.15, 0.2) is 0 Å². The van der Waals surface area contributed by atoms with Crippen LogP contribution >= 0.6 is 0 Å². The zero-order valence-corrected chi connectivity index (χ0v) is 9.44. The van der Waals surface area contributed by atoms with Crippen molar-refractivity contribution in [2.45, 2.75) is 32.9 Å². The predicted molar refractivity (Wildman–Crippen MR) is 54.1 cm³/mol. The third kappa shape index (κ3) is 3.02. The van der Waals surface area contributed by atoms with Crippen LogP contribution in [0.3, 0.4) is 0 Å². The molecule has 2 N–H and O–H groups in total. The Bertz CT molecular complexity index is 365. The number of ether oxygens (including phenoxy) is 1. The van der Waals surface area contributed by atoms with Crippen LogP contribution in [0.5, 0.6) is 0 Å². The fourth-order valence-electron chi connectivity index (χ4n) is 1.00. The van der Waals surface area contributed by atoms with Crippen LogP contribution in [0.4, 0.5) is 0 Å². The van der Waals surface area contributed by atoms with E-state index >= 15 is 0 Å². The molecular weight excluding hydrogens is 196 g/mol. The average molecular weight is 212 g/mol. The largest absolute Gasteiger partial charge is 0.454 e. The van der Waals surface area contributed by atoms with Crippen LogP contribution in [-0.4, -0.2) is 26.3 Å². The minimum atomic E-state index is -0.542. The van der Waals surface area contributed by atoms with Gasteiger partial charge in [0.25, 0.3) is 5.82 Å². The first-order chi connectivity index (χ1) is 6.83. The molecule has 0 amide bonds. The molecule has 0 saturated carbocycles. The molecule has 0 aliphatic heterocycles. The van der Waals surface area contributed by atoms with Crippen molar-refractivity contribution in [1.29, 1.82) is 0 Å². The lowest BCUT2D eigenvalue weighted by molar-refractivity contribution is 0.00554. The number of rotatable bonds is 2. The molecule has 0 saturated heterocycles. The molecule has 6 nitrogen and oxygen atoms in total. The zero-order valence-electron chi connectivity index (χ0n) is 9.44. The summed E-state index contributed by atoms with van der Waals surface area (Å²) in [5.74, 6) is 0.0709. The van der Waals surface area contributed by atoms with Gasteiger partial charge < -0.3 is 10.5 Å². The number of hydrogen-bond acceptors (Lipinski definition) is 5. The van der Waals surface area contributed by atoms with E-state index < -0.39 is 11.6 Å². The number of aromatic nitrogens is 3. The van der Waals surface area contributed by atoms with Gasteiger partial charge in [0.15, 0.2) is 0 Å². The molecule has 0 unspecified atom stereocenters. The van der Waals surface area contributed by atoms with E-state index in [-0.39, 0.29) is 12.4 Å². The van der Waals surface area contributed by atoms with E-state index in [1.165, 1.54) is 4.68 Å². The van der Waals surface area contributed by atoms with Crippen LogP contribution in [0.25, 0.3) is 0 Å². The Morgan fingerprint density at radius 1 is 1.53 bits per heavy atom. The highest BCUT2D eigenvalue weighted by Crippen LogP contribution is 2.09. The molecule has 1 rings (SSSR count). The second-order valence-electron chi connectivity index (χ2n) is 4.18. The van der Waals surface area contributed by atoms with Crippen molar-refractivity contribution in [3.05, 3.63) is 11.6 Å². The SMILES string of the molecule is Cn1nc(C(=O)OC(C)(C)C)nc1CN. The fraction of sp³-hybridized carbons (Fsp3) is 0.667. The molecule has 0 aromatic carbocycles. The third-order valence-electron chi connectivity index (χ3n) is 1.62. The summed E-state index contributed by atoms with van der Waals surface area (Å²) in [5.41, 5.74) is 4.87. The summed E-state index contributed by atoms with van der Waals surface area (Å²) < 4.78 is 6.59. The first-order valence-electron chi connectivity index (χ1n) is 4.67. The van der Waals surface area contributed by atoms with E-state index in [2.05, 4.69) is 10.1 Å². The van der Waals surface area contributed by atoms with Gasteiger partial charge in [-0.2, -0.15) is 0 Å². The molecule has 1 heterocycles. The van der Waals surface area contributed by atoms with Gasteiger partial charge in [0.05, 0.1) is 6.54 Å². The van der Waals surface area contributed by atoms with E-state index in [0.29, 0.717) is 5.82 Å². The molecule has 1 aromatic rings. The maximum Gasteiger partial charge on any atom is 0.378 e. The van der Waals surface area contributed by atoms with Crippen molar-refractivity contribution < 1.29 is 9.53 Å². The minimum absolute atomic E-state index is 0.0490. The Balaban J connectivity index is 2.83. The summed E-state index contributed by atoms with van der Waals surface area (Å²) in [5, 5.41) is 3.92. The highest BCUT2D eigenvalue weighted by Gasteiger charge is 2.22. The van der Waals surface area contributed by atoms with Crippen molar-refractivity contribution >= 4 is 5.97 Å². The highest BCUT2D eigenvalue weighted by molar-refractivity contribution is 5.85. The van der Waals surface area contributed by atoms with Crippen LogP contribution in [0.2, 0.25) is 0 Å². The number of carbonyl (C=O) groups is 1. The molecule has 0 aliphatic carbocycles. The van der Waals surface area contributed by atoms with Gasteiger partial charge in [0, 0.05) is 7.05 Å². The van der Waals surface area contributed by atoms with Gasteiger partial charge in [-0.05, 0) is 20.8 Å². The van der Waals surface area contributed by atoms with Crippen LogP contribution < -0.4 is 5.73 Å². The maximum atomic E-state index is 11.5. The maximum absolute atomic E-state index is 11.5. The van der Waals surface area contributed by atoms with E-state index in [1.807, 2.05) is 0 Å². The molecule has 84 valence electrons. The second-order valence-corrected chi connectivity index (χ2v) is 4.18. The third-order valence-corrected chi connectivity index (χ3v) is 1.62. The topological polar surface area (TPSA) is 83.0 Å². The highest BCUT2D eigenvalue weighted by atomic mass is 16.6. The molecule has 0 aliphatic rings. The predicted octanol–water partition coefficient (Wildman–Crippen LogP) is 0.229. The van der Waals surface area contributed by atoms with Gasteiger partial charge in [-0.3, -0.25) is 4.68 Å². The summed E-state index contributed by atoms with van der Waals surface area (Å²) in [7, 11) is 1.68. The number of aryl methyl sites for hydroxylation is 1. The fourth-order valence-corrected chi connectivity index (χ4v) is 1.00. The standard InChI is InChI=1S/C9H16N4O2/c1-9(2,3)15-8(14)7-11-6(5-10)13(4)12-7/h5,10H2,1-4H3. The molecule has 0 atom stereocenters. The van der Waals surface area contributed by atoms with E-state index in [1.54, 1.807) is 27.8 Å². The number of hydrogen-bond donors (Lipinski definition) is 1. The summed E-state index contributed by atoms with van der Waals surface area (Å²) in [4.78, 5) is 15.5. The molecule has 15 heavy (non-hydrogen) atoms. The van der Waals surface area contributed by atoms with Crippen molar-refractivity contribution in [1.82, 2.24) is 14.8 Å². The minimum Gasteiger partial charge on any atom is -0.454 e. The van der Waals surface area contributed by atoms with E-state index in [4.69, 9.17) is 10.5 Å². The number of nitrogens with zero attached hydrogens (tertiary/aromatic N) is 3. The molecule has 0 radical (unpaired) electrons. The zero-order chi connectivity index (χ0) is 11.6. The first-order valence-corrected chi connectivity index (χ1v) is 4.67. The number of esters is 1. The van der Waals surface area contributed by atoms with Crippen LogP contribution in [0, 0.1) is 0 Å². The quantitative estimate of drug-likeness (QED) is 0.709. The average Bonchev–Trinajstić information content (AvgIpc) is 2.43. The summed E-state index contributed by atoms with van der Waals surface area (Å²) >= 11 is 0. The lowest BCUT2D eigenvalue weighted by Crippen LogP contribution is -2.24. The Morgan fingerprint density at radius 2 is 2.13 bits per heavy atom. The Morgan fingerprint density at radius 3 is 2.53 bits per heavy atom. The normalized spacial score (nSPS) is 11.5. The monoisotopic (exact) mass is 212 g/mol. The molecule has 0 bridgehead atoms. The molecular formula is C9H16N4O2. The van der Waals surface area contributed by atoms with Gasteiger partial charge in [0.1, 0.15) is 11.4 Å². The Labute approximate surface area is 88.4 Å². The van der Waals surface area contributed by atoms with Crippen LogP contribution in [-0.2, 0) is 18.3 Å². The lowest BCUT2D eigenvalue weighted by Gasteiger charge is -2.17. The van der Waals surface area contributed by atoms with E-state index in [9.17, 15) is 4.79 Å². The van der Waals surface area contributed by atoms with E-state index in [0.717, 1.165) is 0 Å². The lowest BCUT2D eigenvalue weighted by atomic mass is 10.2. The molecule has 0 spiro atoms. The van der Waals surface area contributed by atoms with Gasteiger partial charge in [-0.25, -0.2) is 9.78 Å². The van der Waals surface area contributed by atoms with Crippen molar-refractivity contribution in [2.24, 2.45) is 12.8 Å². The molecule has 1 aromatic heterocycles. The first kappa shape index (κ1) is 11.6. The molecule has 6 heteroatoms. The Kier molecular flexibility index (Phi) is 3.09. The van der Waals surface area contributed by atoms with Crippen molar-refractivity contribution in [3.8, 4) is 0 Å². The van der Waals surface area contributed by atoms with Crippen molar-refractivity contribution in [2.75, 3.05) is 0 Å².